The number of sulfone groups is 1. The molecule has 2 saturated heterocycles. The van der Waals surface area contributed by atoms with Gasteiger partial charge in [0.05, 0.1) is 17.4 Å². The topological polar surface area (TPSA) is 86.8 Å². The number of nitrogens with zero attached hydrogens (tertiary/aromatic N) is 2. The van der Waals surface area contributed by atoms with Gasteiger partial charge in [-0.05, 0) is 44.5 Å². The van der Waals surface area contributed by atoms with Crippen LogP contribution in [0.5, 0.6) is 0 Å². The monoisotopic (exact) mass is 393 g/mol. The van der Waals surface area contributed by atoms with E-state index in [-0.39, 0.29) is 35.8 Å². The van der Waals surface area contributed by atoms with Crippen molar-refractivity contribution in [3.8, 4) is 0 Å². The maximum absolute atomic E-state index is 12.6. The molecule has 2 aliphatic heterocycles. The van der Waals surface area contributed by atoms with Gasteiger partial charge < -0.3 is 15.1 Å². The van der Waals surface area contributed by atoms with Gasteiger partial charge >= 0.3 is 0 Å². The van der Waals surface area contributed by atoms with E-state index in [0.717, 1.165) is 18.8 Å². The number of carbonyl (C=O) groups excluding carboxylic acids is 2. The second kappa shape index (κ2) is 7.88. The molecule has 1 aromatic carbocycles. The summed E-state index contributed by atoms with van der Waals surface area (Å²) in [6, 6.07) is 7.39. The number of anilines is 2. The molecule has 0 spiro atoms. The summed E-state index contributed by atoms with van der Waals surface area (Å²) in [5, 5.41) is 2.88. The van der Waals surface area contributed by atoms with E-state index in [9.17, 15) is 18.0 Å². The molecular weight excluding hydrogens is 366 g/mol. The zero-order valence-electron chi connectivity index (χ0n) is 15.8. The van der Waals surface area contributed by atoms with Crippen molar-refractivity contribution in [1.82, 2.24) is 4.90 Å². The predicted octanol–water partition coefficient (Wildman–Crippen LogP) is 1.51. The Morgan fingerprint density at radius 2 is 1.89 bits per heavy atom. The second-order valence-electron chi connectivity index (χ2n) is 7.21. The molecule has 2 unspecified atom stereocenters. The molecule has 3 rings (SSSR count). The molecule has 2 fully saturated rings. The SMILES string of the molecule is CCN(CC)c1ccc(NC(=O)C2CC(=O)N(C3CCS(=O)(=O)C3)C2)cc1. The molecule has 0 radical (unpaired) electrons. The highest BCUT2D eigenvalue weighted by Gasteiger charge is 2.41. The fourth-order valence-corrected chi connectivity index (χ4v) is 5.60. The average Bonchev–Trinajstić information content (AvgIpc) is 3.19. The molecule has 0 bridgehead atoms. The van der Waals surface area contributed by atoms with Gasteiger partial charge in [-0.3, -0.25) is 9.59 Å². The third-order valence-electron chi connectivity index (χ3n) is 5.44. The van der Waals surface area contributed by atoms with Crippen LogP contribution in [0.1, 0.15) is 26.7 Å². The van der Waals surface area contributed by atoms with Crippen LogP contribution in [-0.2, 0) is 19.4 Å². The maximum atomic E-state index is 12.6. The smallest absolute Gasteiger partial charge is 0.229 e. The van der Waals surface area contributed by atoms with Gasteiger partial charge in [0.25, 0.3) is 0 Å². The van der Waals surface area contributed by atoms with Gasteiger partial charge in [0.1, 0.15) is 0 Å². The van der Waals surface area contributed by atoms with Crippen molar-refractivity contribution in [1.29, 1.82) is 0 Å². The van der Waals surface area contributed by atoms with E-state index >= 15 is 0 Å². The summed E-state index contributed by atoms with van der Waals surface area (Å²) in [6.45, 7) is 6.32. The molecule has 2 atom stereocenters. The van der Waals surface area contributed by atoms with Crippen molar-refractivity contribution < 1.29 is 18.0 Å². The normalized spacial score (nSPS) is 24.2. The average molecular weight is 394 g/mol. The minimum atomic E-state index is -3.06. The van der Waals surface area contributed by atoms with Gasteiger partial charge in [-0.1, -0.05) is 0 Å². The van der Waals surface area contributed by atoms with E-state index in [0.29, 0.717) is 18.7 Å². The van der Waals surface area contributed by atoms with Crippen LogP contribution in [0.4, 0.5) is 11.4 Å². The Bertz CT molecular complexity index is 803. The molecule has 27 heavy (non-hydrogen) atoms. The molecule has 7 nitrogen and oxygen atoms in total. The Morgan fingerprint density at radius 1 is 1.22 bits per heavy atom. The first kappa shape index (κ1) is 19.7. The lowest BCUT2D eigenvalue weighted by Gasteiger charge is -2.23. The molecule has 1 aromatic rings. The minimum absolute atomic E-state index is 0.0138. The molecular formula is C19H27N3O4S. The number of nitrogens with one attached hydrogen (secondary N) is 1. The van der Waals surface area contributed by atoms with Crippen molar-refractivity contribution >= 4 is 33.0 Å². The fourth-order valence-electron chi connectivity index (χ4n) is 3.87. The van der Waals surface area contributed by atoms with Crippen LogP contribution >= 0.6 is 0 Å². The number of hydrogen-bond acceptors (Lipinski definition) is 5. The summed E-state index contributed by atoms with van der Waals surface area (Å²) in [6.07, 6.45) is 0.606. The highest BCUT2D eigenvalue weighted by Crippen LogP contribution is 2.27. The van der Waals surface area contributed by atoms with Gasteiger partial charge in [0.2, 0.25) is 11.8 Å². The van der Waals surface area contributed by atoms with Gasteiger partial charge in [0, 0.05) is 43.5 Å². The van der Waals surface area contributed by atoms with E-state index in [1.807, 2.05) is 24.3 Å². The van der Waals surface area contributed by atoms with Gasteiger partial charge in [-0.2, -0.15) is 0 Å². The highest BCUT2D eigenvalue weighted by molar-refractivity contribution is 7.91. The van der Waals surface area contributed by atoms with Gasteiger partial charge in [0.15, 0.2) is 9.84 Å². The van der Waals surface area contributed by atoms with Crippen LogP contribution in [0.3, 0.4) is 0 Å². The Hall–Kier alpha value is -2.09. The first-order valence-electron chi connectivity index (χ1n) is 9.48. The number of rotatable bonds is 6. The van der Waals surface area contributed by atoms with Crippen molar-refractivity contribution in [3.05, 3.63) is 24.3 Å². The van der Waals surface area contributed by atoms with E-state index in [1.54, 1.807) is 4.90 Å². The number of likely N-dealkylation sites (tertiary alicyclic amines) is 1. The zero-order valence-corrected chi connectivity index (χ0v) is 16.7. The maximum Gasteiger partial charge on any atom is 0.229 e. The van der Waals surface area contributed by atoms with Gasteiger partial charge in [-0.15, -0.1) is 0 Å². The summed E-state index contributed by atoms with van der Waals surface area (Å²) < 4.78 is 23.3. The van der Waals surface area contributed by atoms with Crippen LogP contribution in [-0.4, -0.2) is 62.3 Å². The zero-order chi connectivity index (χ0) is 19.6. The Kier molecular flexibility index (Phi) is 5.74. The molecule has 1 N–H and O–H groups in total. The standard InChI is InChI=1S/C19H27N3O4S/c1-3-21(4-2)16-7-5-15(6-8-16)20-19(24)14-11-18(23)22(12-14)17-9-10-27(25,26)13-17/h5-8,14,17H,3-4,9-13H2,1-2H3,(H,20,24). The predicted molar refractivity (Wildman–Crippen MR) is 106 cm³/mol. The van der Waals surface area contributed by atoms with Crippen LogP contribution in [0.15, 0.2) is 24.3 Å². The summed E-state index contributed by atoms with van der Waals surface area (Å²) >= 11 is 0. The third-order valence-corrected chi connectivity index (χ3v) is 7.19. The Morgan fingerprint density at radius 3 is 2.44 bits per heavy atom. The molecule has 2 aliphatic rings. The van der Waals surface area contributed by atoms with E-state index in [4.69, 9.17) is 0 Å². The number of amides is 2. The minimum Gasteiger partial charge on any atom is -0.372 e. The van der Waals surface area contributed by atoms with Crippen molar-refractivity contribution in [2.24, 2.45) is 5.92 Å². The summed E-state index contributed by atoms with van der Waals surface area (Å²) in [7, 11) is -3.06. The van der Waals surface area contributed by atoms with Crippen LogP contribution in [0.25, 0.3) is 0 Å². The van der Waals surface area contributed by atoms with Crippen molar-refractivity contribution in [3.63, 3.8) is 0 Å². The summed E-state index contributed by atoms with van der Waals surface area (Å²) in [5.74, 6) is -0.628. The molecule has 2 heterocycles. The lowest BCUT2D eigenvalue weighted by Crippen LogP contribution is -2.38. The molecule has 8 heteroatoms. The lowest BCUT2D eigenvalue weighted by molar-refractivity contribution is -0.129. The number of benzene rings is 1. The first-order valence-corrected chi connectivity index (χ1v) is 11.3. The molecule has 0 aliphatic carbocycles. The molecule has 148 valence electrons. The molecule has 0 aromatic heterocycles. The van der Waals surface area contributed by atoms with Crippen molar-refractivity contribution in [2.75, 3.05) is 41.4 Å². The van der Waals surface area contributed by atoms with E-state index < -0.39 is 15.8 Å². The third kappa shape index (κ3) is 4.43. The molecule has 0 saturated carbocycles. The quantitative estimate of drug-likeness (QED) is 0.792. The highest BCUT2D eigenvalue weighted by atomic mass is 32.2. The van der Waals surface area contributed by atoms with Crippen LogP contribution in [0.2, 0.25) is 0 Å². The van der Waals surface area contributed by atoms with E-state index in [2.05, 4.69) is 24.1 Å². The number of hydrogen-bond donors (Lipinski definition) is 1. The number of carbonyl (C=O) groups is 2. The first-order chi connectivity index (χ1) is 12.8. The molecule has 2 amide bonds. The summed E-state index contributed by atoms with van der Waals surface area (Å²) in [5.41, 5.74) is 1.80. The summed E-state index contributed by atoms with van der Waals surface area (Å²) in [4.78, 5) is 28.6. The van der Waals surface area contributed by atoms with E-state index in [1.165, 1.54) is 0 Å². The van der Waals surface area contributed by atoms with Crippen molar-refractivity contribution in [2.45, 2.75) is 32.7 Å². The lowest BCUT2D eigenvalue weighted by atomic mass is 10.1. The Balaban J connectivity index is 1.59. The van der Waals surface area contributed by atoms with Crippen LogP contribution < -0.4 is 10.2 Å². The largest absolute Gasteiger partial charge is 0.372 e. The Labute approximate surface area is 160 Å². The fraction of sp³-hybridized carbons (Fsp3) is 0.579. The van der Waals surface area contributed by atoms with Crippen LogP contribution in [0, 0.1) is 5.92 Å². The van der Waals surface area contributed by atoms with Gasteiger partial charge in [-0.25, -0.2) is 8.42 Å². The second-order valence-corrected chi connectivity index (χ2v) is 9.44.